The third kappa shape index (κ3) is 7.62. The summed E-state index contributed by atoms with van der Waals surface area (Å²) in [4.78, 5) is 0. The van der Waals surface area contributed by atoms with Crippen molar-refractivity contribution >= 4 is 0 Å². The molecule has 0 spiro atoms. The van der Waals surface area contributed by atoms with E-state index in [9.17, 15) is 0 Å². The van der Waals surface area contributed by atoms with Crippen LogP contribution in [0.3, 0.4) is 0 Å². The van der Waals surface area contributed by atoms with Gasteiger partial charge in [-0.15, -0.1) is 0 Å². The fourth-order valence-electron chi connectivity index (χ4n) is 1.86. The number of hydrogen-bond acceptors (Lipinski definition) is 2. The summed E-state index contributed by atoms with van der Waals surface area (Å²) in [5, 5.41) is 0. The molecule has 0 radical (unpaired) electrons. The van der Waals surface area contributed by atoms with Crippen molar-refractivity contribution in [1.82, 2.24) is 0 Å². The molecule has 3 heteroatoms. The number of hydrogen-bond donors (Lipinski definition) is 0. The molecule has 16 heavy (non-hydrogen) atoms. The minimum absolute atomic E-state index is 0.487. The van der Waals surface area contributed by atoms with E-state index in [1.807, 2.05) is 6.08 Å². The molecule has 0 saturated heterocycles. The monoisotopic (exact) mass is 263 g/mol. The summed E-state index contributed by atoms with van der Waals surface area (Å²) in [6, 6.07) is 0. The van der Waals surface area contributed by atoms with Gasteiger partial charge in [-0.2, -0.15) is 0 Å². The Labute approximate surface area is 108 Å². The molecule has 0 aliphatic heterocycles. The average molecular weight is 263 g/mol. The predicted octanol–water partition coefficient (Wildman–Crippen LogP) is 4.45. The van der Waals surface area contributed by atoms with Crippen molar-refractivity contribution in [2.45, 2.75) is 56.1 Å². The summed E-state index contributed by atoms with van der Waals surface area (Å²) in [7, 11) is 3.52. The fourth-order valence-corrected chi connectivity index (χ4v) is 4.06. The second kappa shape index (κ2) is 11.8. The normalized spacial score (nSPS) is 12.4. The molecule has 0 aromatic carbocycles. The molecule has 0 aliphatic carbocycles. The van der Waals surface area contributed by atoms with Crippen molar-refractivity contribution in [1.29, 1.82) is 0 Å². The molecular formula is C13H27O2Ti. The first-order valence-electron chi connectivity index (χ1n) is 6.37. The second-order valence-corrected chi connectivity index (χ2v) is 7.56. The van der Waals surface area contributed by atoms with Gasteiger partial charge in [0.25, 0.3) is 0 Å². The topological polar surface area (TPSA) is 18.5 Å². The molecular weight excluding hydrogens is 236 g/mol. The van der Waals surface area contributed by atoms with Gasteiger partial charge in [-0.25, -0.2) is 0 Å². The van der Waals surface area contributed by atoms with Crippen LogP contribution in [0.25, 0.3) is 0 Å². The molecule has 0 saturated carbocycles. The molecule has 0 rings (SSSR count). The van der Waals surface area contributed by atoms with Crippen LogP contribution in [0.5, 0.6) is 0 Å². The third-order valence-electron chi connectivity index (χ3n) is 2.86. The van der Waals surface area contributed by atoms with E-state index in [1.54, 1.807) is 14.2 Å². The van der Waals surface area contributed by atoms with Gasteiger partial charge in [0.2, 0.25) is 0 Å². The van der Waals surface area contributed by atoms with Crippen LogP contribution in [0, 0.1) is 0 Å². The van der Waals surface area contributed by atoms with Gasteiger partial charge in [-0.05, 0) is 0 Å². The van der Waals surface area contributed by atoms with E-state index in [2.05, 4.69) is 13.5 Å². The van der Waals surface area contributed by atoms with Crippen LogP contribution in [0.1, 0.15) is 51.9 Å². The maximum atomic E-state index is 5.42. The Morgan fingerprint density at radius 1 is 1.06 bits per heavy atom. The van der Waals surface area contributed by atoms with Gasteiger partial charge in [-0.3, -0.25) is 0 Å². The minimum atomic E-state index is -1.76. The van der Waals surface area contributed by atoms with E-state index in [0.717, 1.165) is 0 Å². The number of unbranched alkanes of at least 4 members (excludes halogenated alkanes) is 5. The zero-order chi connectivity index (χ0) is 12.2. The predicted molar refractivity (Wildman–Crippen MR) is 66.0 cm³/mol. The van der Waals surface area contributed by atoms with Crippen molar-refractivity contribution in [3.8, 4) is 0 Å². The Morgan fingerprint density at radius 2 is 1.62 bits per heavy atom. The molecule has 0 aliphatic rings. The molecule has 0 N–H and O–H groups in total. The summed E-state index contributed by atoms with van der Waals surface area (Å²) in [6.07, 6.45) is 11.3. The summed E-state index contributed by atoms with van der Waals surface area (Å²) in [5.74, 6) is 0. The number of allylic oxidation sites excluding steroid dienone is 1. The van der Waals surface area contributed by atoms with E-state index in [4.69, 9.17) is 6.64 Å². The molecule has 0 bridgehead atoms. The molecule has 0 fully saturated rings. The Kier molecular flexibility index (Phi) is 12.1. The van der Waals surface area contributed by atoms with Crippen LogP contribution in [0.4, 0.5) is 0 Å². The van der Waals surface area contributed by atoms with Crippen LogP contribution in [-0.2, 0) is 25.3 Å². The van der Waals surface area contributed by atoms with Crippen LogP contribution < -0.4 is 0 Å². The molecule has 0 heterocycles. The SMILES string of the molecule is C=C[CH](CCCCCCCC)[Ti]([O]C)[O]C. The van der Waals surface area contributed by atoms with Crippen LogP contribution >= 0.6 is 0 Å². The molecule has 1 atom stereocenters. The van der Waals surface area contributed by atoms with Gasteiger partial charge in [-0.1, -0.05) is 0 Å². The Bertz CT molecular complexity index is 158. The van der Waals surface area contributed by atoms with E-state index in [-0.39, 0.29) is 0 Å². The van der Waals surface area contributed by atoms with E-state index < -0.39 is 18.6 Å². The van der Waals surface area contributed by atoms with Crippen molar-refractivity contribution in [3.05, 3.63) is 12.7 Å². The van der Waals surface area contributed by atoms with Crippen LogP contribution in [-0.4, -0.2) is 14.2 Å². The number of rotatable bonds is 11. The zero-order valence-electron chi connectivity index (χ0n) is 11.1. The van der Waals surface area contributed by atoms with Gasteiger partial charge in [0.15, 0.2) is 0 Å². The van der Waals surface area contributed by atoms with Crippen LogP contribution in [0.15, 0.2) is 12.7 Å². The van der Waals surface area contributed by atoms with Gasteiger partial charge in [0.1, 0.15) is 0 Å². The zero-order valence-corrected chi connectivity index (χ0v) is 12.7. The molecule has 0 aromatic rings. The first-order valence-corrected chi connectivity index (χ1v) is 8.55. The molecule has 2 nitrogen and oxygen atoms in total. The fraction of sp³-hybridized carbons (Fsp3) is 0.846. The van der Waals surface area contributed by atoms with Crippen molar-refractivity contribution in [3.63, 3.8) is 0 Å². The summed E-state index contributed by atoms with van der Waals surface area (Å²) in [5.41, 5.74) is 0. The summed E-state index contributed by atoms with van der Waals surface area (Å²) in [6.45, 7) is 6.14. The van der Waals surface area contributed by atoms with Gasteiger partial charge in [0, 0.05) is 0 Å². The van der Waals surface area contributed by atoms with E-state index in [0.29, 0.717) is 4.22 Å². The Balaban J connectivity index is 3.58. The summed E-state index contributed by atoms with van der Waals surface area (Å²) < 4.78 is 11.3. The van der Waals surface area contributed by atoms with Crippen molar-refractivity contribution in [2.24, 2.45) is 0 Å². The van der Waals surface area contributed by atoms with Crippen molar-refractivity contribution in [2.75, 3.05) is 14.2 Å². The van der Waals surface area contributed by atoms with E-state index >= 15 is 0 Å². The third-order valence-corrected chi connectivity index (χ3v) is 5.88. The van der Waals surface area contributed by atoms with Crippen molar-refractivity contribution < 1.29 is 25.3 Å². The second-order valence-electron chi connectivity index (χ2n) is 4.13. The first kappa shape index (κ1) is 16.4. The molecule has 1 unspecified atom stereocenters. The van der Waals surface area contributed by atoms with E-state index in [1.165, 1.54) is 44.9 Å². The first-order chi connectivity index (χ1) is 7.79. The Hall–Kier alpha value is 0.374. The van der Waals surface area contributed by atoms with Crippen LogP contribution in [0.2, 0.25) is 4.22 Å². The Morgan fingerprint density at radius 3 is 2.12 bits per heavy atom. The maximum absolute atomic E-state index is 5.42. The van der Waals surface area contributed by atoms with Gasteiger partial charge < -0.3 is 0 Å². The average Bonchev–Trinajstić information content (AvgIpc) is 2.32. The van der Waals surface area contributed by atoms with Gasteiger partial charge >= 0.3 is 108 Å². The summed E-state index contributed by atoms with van der Waals surface area (Å²) >= 11 is -1.76. The molecule has 95 valence electrons. The quantitative estimate of drug-likeness (QED) is 0.311. The van der Waals surface area contributed by atoms with Gasteiger partial charge in [0.05, 0.1) is 0 Å². The molecule has 0 amide bonds. The molecule has 0 aromatic heterocycles. The standard InChI is InChI=1S/C11H21.2CH3O.Ti/c1-3-5-7-9-11-10-8-6-4-2;2*1-2;/h3,5H,1,4,6-11H2,2H3;2*1H3;/q;2*-1;+2.